The van der Waals surface area contributed by atoms with Gasteiger partial charge in [-0.2, -0.15) is 0 Å². The molecule has 0 atom stereocenters. The lowest BCUT2D eigenvalue weighted by Crippen LogP contribution is -2.16. The second-order valence-corrected chi connectivity index (χ2v) is 7.16. The Morgan fingerprint density at radius 2 is 1.85 bits per heavy atom. The summed E-state index contributed by atoms with van der Waals surface area (Å²) >= 11 is 1.38. The van der Waals surface area contributed by atoms with Gasteiger partial charge in [0, 0.05) is 5.56 Å². The number of para-hydroxylation sites is 1. The number of rotatable bonds is 5. The number of ether oxygens (including phenoxy) is 2. The van der Waals surface area contributed by atoms with Crippen LogP contribution in [0.25, 0.3) is 5.69 Å². The van der Waals surface area contributed by atoms with Crippen molar-refractivity contribution in [2.24, 2.45) is 0 Å². The van der Waals surface area contributed by atoms with Crippen molar-refractivity contribution in [2.45, 2.75) is 19.0 Å². The molecule has 0 radical (unpaired) electrons. The lowest BCUT2D eigenvalue weighted by Gasteiger charge is -2.18. The van der Waals surface area contributed by atoms with E-state index in [1.54, 1.807) is 18.2 Å². The van der Waals surface area contributed by atoms with E-state index in [1.165, 1.54) is 11.8 Å². The highest BCUT2D eigenvalue weighted by molar-refractivity contribution is 7.99. The molecule has 7 heteroatoms. The van der Waals surface area contributed by atoms with Crippen molar-refractivity contribution < 1.29 is 14.3 Å². The summed E-state index contributed by atoms with van der Waals surface area (Å²) < 4.78 is 13.0. The van der Waals surface area contributed by atoms with E-state index in [0.717, 1.165) is 17.1 Å². The average Bonchev–Trinajstić information content (AvgIpc) is 3.06. The van der Waals surface area contributed by atoms with E-state index in [2.05, 4.69) is 10.2 Å². The third-order valence-electron chi connectivity index (χ3n) is 4.35. The Morgan fingerprint density at radius 1 is 1.07 bits per heavy atom. The SMILES string of the molecule is Cc1ccccc1-n1c(C)nnc1SCC(=O)c1ccc2c(c1)OCCO2. The van der Waals surface area contributed by atoms with Gasteiger partial charge in [-0.25, -0.2) is 0 Å². The number of ketones is 1. The molecule has 27 heavy (non-hydrogen) atoms. The van der Waals surface area contributed by atoms with Crippen LogP contribution in [0.3, 0.4) is 0 Å². The molecular formula is C20H19N3O3S. The van der Waals surface area contributed by atoms with Gasteiger partial charge in [-0.05, 0) is 43.7 Å². The first-order chi connectivity index (χ1) is 13.1. The average molecular weight is 381 g/mol. The minimum atomic E-state index is 0.00830. The summed E-state index contributed by atoms with van der Waals surface area (Å²) in [5.41, 5.74) is 2.75. The van der Waals surface area contributed by atoms with Crippen molar-refractivity contribution in [2.75, 3.05) is 19.0 Å². The van der Waals surface area contributed by atoms with Crippen molar-refractivity contribution in [3.05, 3.63) is 59.4 Å². The monoisotopic (exact) mass is 381 g/mol. The number of hydrogen-bond donors (Lipinski definition) is 0. The van der Waals surface area contributed by atoms with E-state index in [-0.39, 0.29) is 11.5 Å². The molecule has 6 nitrogen and oxygen atoms in total. The summed E-state index contributed by atoms with van der Waals surface area (Å²) in [6.45, 7) is 4.98. The number of nitrogens with zero attached hydrogens (tertiary/aromatic N) is 3. The first-order valence-corrected chi connectivity index (χ1v) is 9.66. The molecule has 0 amide bonds. The van der Waals surface area contributed by atoms with Crippen molar-refractivity contribution in [1.29, 1.82) is 0 Å². The second kappa shape index (κ2) is 7.44. The third kappa shape index (κ3) is 3.55. The lowest BCUT2D eigenvalue weighted by molar-refractivity contribution is 0.102. The number of carbonyl (C=O) groups is 1. The van der Waals surface area contributed by atoms with Gasteiger partial charge in [0.05, 0.1) is 11.4 Å². The van der Waals surface area contributed by atoms with Crippen LogP contribution in [0.2, 0.25) is 0 Å². The van der Waals surface area contributed by atoms with Crippen molar-refractivity contribution >= 4 is 17.5 Å². The smallest absolute Gasteiger partial charge is 0.196 e. The maximum absolute atomic E-state index is 12.7. The summed E-state index contributed by atoms with van der Waals surface area (Å²) in [4.78, 5) is 12.7. The van der Waals surface area contributed by atoms with Gasteiger partial charge in [-0.3, -0.25) is 9.36 Å². The van der Waals surface area contributed by atoms with Crippen molar-refractivity contribution in [1.82, 2.24) is 14.8 Å². The van der Waals surface area contributed by atoms with Crippen LogP contribution in [-0.2, 0) is 0 Å². The van der Waals surface area contributed by atoms with Gasteiger partial charge in [0.15, 0.2) is 22.4 Å². The van der Waals surface area contributed by atoms with Gasteiger partial charge in [-0.15, -0.1) is 10.2 Å². The Morgan fingerprint density at radius 3 is 2.67 bits per heavy atom. The number of carbonyl (C=O) groups excluding carboxylic acids is 1. The molecule has 138 valence electrons. The first kappa shape index (κ1) is 17.6. The van der Waals surface area contributed by atoms with E-state index in [9.17, 15) is 4.79 Å². The Hall–Kier alpha value is -2.80. The first-order valence-electron chi connectivity index (χ1n) is 8.67. The van der Waals surface area contributed by atoms with E-state index < -0.39 is 0 Å². The molecule has 0 bridgehead atoms. The summed E-state index contributed by atoms with van der Waals surface area (Å²) in [7, 11) is 0. The zero-order valence-corrected chi connectivity index (χ0v) is 16.0. The number of benzene rings is 2. The number of fused-ring (bicyclic) bond motifs is 1. The highest BCUT2D eigenvalue weighted by atomic mass is 32.2. The Balaban J connectivity index is 1.53. The number of hydrogen-bond acceptors (Lipinski definition) is 6. The molecule has 0 fully saturated rings. The molecule has 1 aromatic heterocycles. The van der Waals surface area contributed by atoms with Gasteiger partial charge in [-0.1, -0.05) is 30.0 Å². The summed E-state index contributed by atoms with van der Waals surface area (Å²) in [6.07, 6.45) is 0. The van der Waals surface area contributed by atoms with E-state index in [0.29, 0.717) is 35.4 Å². The van der Waals surface area contributed by atoms with Crippen LogP contribution in [0.15, 0.2) is 47.6 Å². The summed E-state index contributed by atoms with van der Waals surface area (Å²) in [5, 5.41) is 9.14. The Labute approximate surface area is 161 Å². The summed E-state index contributed by atoms with van der Waals surface area (Å²) in [6, 6.07) is 13.4. The Kier molecular flexibility index (Phi) is 4.85. The number of aryl methyl sites for hydroxylation is 2. The molecule has 0 N–H and O–H groups in total. The van der Waals surface area contributed by atoms with E-state index >= 15 is 0 Å². The van der Waals surface area contributed by atoms with Crippen molar-refractivity contribution in [3.63, 3.8) is 0 Å². The molecule has 0 spiro atoms. The number of aromatic nitrogens is 3. The third-order valence-corrected chi connectivity index (χ3v) is 5.28. The van der Waals surface area contributed by atoms with E-state index in [4.69, 9.17) is 9.47 Å². The zero-order valence-electron chi connectivity index (χ0n) is 15.1. The van der Waals surface area contributed by atoms with Crippen molar-refractivity contribution in [3.8, 4) is 17.2 Å². The van der Waals surface area contributed by atoms with Gasteiger partial charge in [0.2, 0.25) is 0 Å². The van der Waals surface area contributed by atoms with Gasteiger partial charge >= 0.3 is 0 Å². The van der Waals surface area contributed by atoms with Crippen LogP contribution in [0.4, 0.5) is 0 Å². The molecule has 4 rings (SSSR count). The van der Waals surface area contributed by atoms with Crippen LogP contribution in [0.1, 0.15) is 21.7 Å². The van der Waals surface area contributed by atoms with Gasteiger partial charge in [0.1, 0.15) is 19.0 Å². The maximum atomic E-state index is 12.7. The Bertz CT molecular complexity index is 1000. The molecule has 0 saturated carbocycles. The predicted octanol–water partition coefficient (Wildman–Crippen LogP) is 3.63. The number of thioether (sulfide) groups is 1. The molecule has 0 unspecified atom stereocenters. The fourth-order valence-electron chi connectivity index (χ4n) is 2.96. The summed E-state index contributed by atoms with van der Waals surface area (Å²) in [5.74, 6) is 2.37. The van der Waals surface area contributed by atoms with Crippen LogP contribution < -0.4 is 9.47 Å². The van der Waals surface area contributed by atoms with Crippen LogP contribution in [0.5, 0.6) is 11.5 Å². The number of Topliss-reactive ketones (excluding diaryl/α,β-unsaturated/α-hetero) is 1. The van der Waals surface area contributed by atoms with Crippen LogP contribution in [-0.4, -0.2) is 39.5 Å². The molecular weight excluding hydrogens is 362 g/mol. The molecule has 2 heterocycles. The quantitative estimate of drug-likeness (QED) is 0.497. The second-order valence-electron chi connectivity index (χ2n) is 6.22. The highest BCUT2D eigenvalue weighted by Gasteiger charge is 2.18. The topological polar surface area (TPSA) is 66.2 Å². The standard InChI is InChI=1S/C20H19N3O3S/c1-13-5-3-4-6-16(13)23-14(2)21-22-20(23)27-12-17(24)15-7-8-18-19(11-15)26-10-9-25-18/h3-8,11H,9-10,12H2,1-2H3. The lowest BCUT2D eigenvalue weighted by atomic mass is 10.1. The largest absolute Gasteiger partial charge is 0.486 e. The molecule has 3 aromatic rings. The minimum absolute atomic E-state index is 0.00830. The van der Waals surface area contributed by atoms with Gasteiger partial charge < -0.3 is 9.47 Å². The predicted molar refractivity (Wildman–Crippen MR) is 103 cm³/mol. The highest BCUT2D eigenvalue weighted by Crippen LogP contribution is 2.31. The molecule has 0 aliphatic carbocycles. The van der Waals surface area contributed by atoms with E-state index in [1.807, 2.05) is 42.7 Å². The molecule has 0 saturated heterocycles. The fourth-order valence-corrected chi connectivity index (χ4v) is 3.84. The van der Waals surface area contributed by atoms with Gasteiger partial charge in [0.25, 0.3) is 0 Å². The molecule has 1 aliphatic rings. The zero-order chi connectivity index (χ0) is 18.8. The fraction of sp³-hybridized carbons (Fsp3) is 0.250. The van der Waals surface area contributed by atoms with Crippen LogP contribution in [0, 0.1) is 13.8 Å². The molecule has 1 aliphatic heterocycles. The minimum Gasteiger partial charge on any atom is -0.486 e. The van der Waals surface area contributed by atoms with Crippen LogP contribution >= 0.6 is 11.8 Å². The molecule has 2 aromatic carbocycles. The maximum Gasteiger partial charge on any atom is 0.196 e. The normalized spacial score (nSPS) is 12.8.